The van der Waals surface area contributed by atoms with Crippen molar-refractivity contribution >= 4 is 6.03 Å². The maximum absolute atomic E-state index is 12.4. The Balaban J connectivity index is 1.61. The summed E-state index contributed by atoms with van der Waals surface area (Å²) in [5.74, 6) is 0.367. The number of nitrogens with one attached hydrogen (secondary N) is 1. The van der Waals surface area contributed by atoms with Crippen molar-refractivity contribution in [2.45, 2.75) is 26.4 Å². The first kappa shape index (κ1) is 17.9. The number of amides is 2. The Morgan fingerprint density at radius 2 is 2.00 bits per heavy atom. The highest BCUT2D eigenvalue weighted by Crippen LogP contribution is 2.17. The molecule has 0 fully saturated rings. The minimum absolute atomic E-state index is 0.110. The molecule has 136 valence electrons. The maximum Gasteiger partial charge on any atom is 0.318 e. The third-order valence-corrected chi connectivity index (χ3v) is 4.48. The fourth-order valence-corrected chi connectivity index (χ4v) is 3.08. The Labute approximate surface area is 153 Å². The first-order valence-electron chi connectivity index (χ1n) is 8.91. The van der Waals surface area contributed by atoms with Gasteiger partial charge in [0.15, 0.2) is 0 Å². The van der Waals surface area contributed by atoms with Crippen LogP contribution in [-0.4, -0.2) is 39.8 Å². The molecule has 0 bridgehead atoms. The van der Waals surface area contributed by atoms with Crippen LogP contribution >= 0.6 is 0 Å². The molecule has 1 aliphatic heterocycles. The number of nitrogens with zero attached hydrogens (tertiary/aromatic N) is 3. The molecule has 26 heavy (non-hydrogen) atoms. The van der Waals surface area contributed by atoms with E-state index in [1.807, 2.05) is 36.4 Å². The van der Waals surface area contributed by atoms with Gasteiger partial charge in [0, 0.05) is 24.7 Å². The van der Waals surface area contributed by atoms with E-state index in [0.717, 1.165) is 11.3 Å². The van der Waals surface area contributed by atoms with Gasteiger partial charge >= 0.3 is 6.03 Å². The number of benzene rings is 1. The Kier molecular flexibility index (Phi) is 5.51. The van der Waals surface area contributed by atoms with E-state index in [1.165, 1.54) is 10.7 Å². The van der Waals surface area contributed by atoms with Crippen LogP contribution in [0.3, 0.4) is 0 Å². The fourth-order valence-electron chi connectivity index (χ4n) is 3.08. The normalized spacial score (nSPS) is 16.3. The lowest BCUT2D eigenvalue weighted by Gasteiger charge is -2.27. The van der Waals surface area contributed by atoms with Gasteiger partial charge in [-0.05, 0) is 12.0 Å². The predicted molar refractivity (Wildman–Crippen MR) is 102 cm³/mol. The third kappa shape index (κ3) is 4.02. The van der Waals surface area contributed by atoms with Gasteiger partial charge in [-0.2, -0.15) is 5.10 Å². The van der Waals surface area contributed by atoms with Gasteiger partial charge in [0.05, 0.1) is 18.3 Å². The summed E-state index contributed by atoms with van der Waals surface area (Å²) >= 11 is 0. The Morgan fingerprint density at radius 1 is 1.23 bits per heavy atom. The van der Waals surface area contributed by atoms with Gasteiger partial charge in [0.25, 0.3) is 5.56 Å². The van der Waals surface area contributed by atoms with Crippen molar-refractivity contribution in [2.24, 2.45) is 5.92 Å². The topological polar surface area (TPSA) is 67.2 Å². The summed E-state index contributed by atoms with van der Waals surface area (Å²) in [6.07, 6.45) is 4.08. The zero-order valence-electron chi connectivity index (χ0n) is 15.1. The van der Waals surface area contributed by atoms with Crippen LogP contribution in [0.4, 0.5) is 4.79 Å². The van der Waals surface area contributed by atoms with Crippen molar-refractivity contribution in [1.82, 2.24) is 20.0 Å². The van der Waals surface area contributed by atoms with E-state index in [4.69, 9.17) is 0 Å². The highest BCUT2D eigenvalue weighted by atomic mass is 16.2. The molecule has 1 aromatic heterocycles. The van der Waals surface area contributed by atoms with Crippen LogP contribution in [0.5, 0.6) is 0 Å². The van der Waals surface area contributed by atoms with Crippen LogP contribution in [-0.2, 0) is 6.54 Å². The van der Waals surface area contributed by atoms with Crippen molar-refractivity contribution in [3.8, 4) is 11.3 Å². The molecule has 6 heteroatoms. The fraction of sp³-hybridized carbons (Fsp3) is 0.350. The molecule has 1 unspecified atom stereocenters. The zero-order valence-corrected chi connectivity index (χ0v) is 15.1. The third-order valence-electron chi connectivity index (χ3n) is 4.48. The standard InChI is InChI=1S/C20H24N4O2/c1-15(2)18-9-6-13-23(18)20(26)21-12-14-24-19(25)11-10-17(22-24)16-7-4-3-5-8-16/h3-11,15,18H,12-14H2,1-2H3,(H,21,26). The highest BCUT2D eigenvalue weighted by Gasteiger charge is 2.26. The number of carbonyl (C=O) groups is 1. The number of hydrogen-bond acceptors (Lipinski definition) is 3. The molecule has 2 aromatic rings. The van der Waals surface area contributed by atoms with E-state index in [-0.39, 0.29) is 17.6 Å². The van der Waals surface area contributed by atoms with Crippen molar-refractivity contribution < 1.29 is 4.79 Å². The van der Waals surface area contributed by atoms with Crippen molar-refractivity contribution in [3.63, 3.8) is 0 Å². The van der Waals surface area contributed by atoms with Crippen molar-refractivity contribution in [1.29, 1.82) is 0 Å². The summed E-state index contributed by atoms with van der Waals surface area (Å²) in [7, 11) is 0. The van der Waals surface area contributed by atoms with Gasteiger partial charge in [-0.25, -0.2) is 9.48 Å². The average molecular weight is 352 g/mol. The lowest BCUT2D eigenvalue weighted by molar-refractivity contribution is 0.185. The van der Waals surface area contributed by atoms with Gasteiger partial charge in [-0.3, -0.25) is 4.79 Å². The SMILES string of the molecule is CC(C)C1C=CCN1C(=O)NCCn1nc(-c2ccccc2)ccc1=O. The molecule has 2 heterocycles. The lowest BCUT2D eigenvalue weighted by atomic mass is 10.1. The second-order valence-electron chi connectivity index (χ2n) is 6.69. The van der Waals surface area contributed by atoms with Crippen molar-refractivity contribution in [3.05, 3.63) is 65.0 Å². The van der Waals surface area contributed by atoms with Gasteiger partial charge in [0.1, 0.15) is 0 Å². The molecule has 0 spiro atoms. The number of urea groups is 1. The largest absolute Gasteiger partial charge is 0.336 e. The van der Waals surface area contributed by atoms with E-state index < -0.39 is 0 Å². The zero-order chi connectivity index (χ0) is 18.5. The minimum atomic E-state index is -0.179. The quantitative estimate of drug-likeness (QED) is 0.841. The van der Waals surface area contributed by atoms with Crippen LogP contribution in [0.25, 0.3) is 11.3 Å². The lowest BCUT2D eigenvalue weighted by Crippen LogP contribution is -2.46. The molecule has 6 nitrogen and oxygen atoms in total. The molecular formula is C20H24N4O2. The van der Waals surface area contributed by atoms with Crippen LogP contribution < -0.4 is 10.9 Å². The Bertz CT molecular complexity index is 842. The van der Waals surface area contributed by atoms with E-state index in [1.54, 1.807) is 11.0 Å². The van der Waals surface area contributed by atoms with Crippen LogP contribution in [0.2, 0.25) is 0 Å². The molecule has 0 saturated carbocycles. The second-order valence-corrected chi connectivity index (χ2v) is 6.69. The summed E-state index contributed by atoms with van der Waals surface area (Å²) in [5.41, 5.74) is 1.51. The molecule has 2 amide bonds. The number of aromatic nitrogens is 2. The number of hydrogen-bond donors (Lipinski definition) is 1. The van der Waals surface area contributed by atoms with Gasteiger partial charge in [-0.15, -0.1) is 0 Å². The summed E-state index contributed by atoms with van der Waals surface area (Å²) in [4.78, 5) is 26.2. The molecule has 1 N–H and O–H groups in total. The maximum atomic E-state index is 12.4. The minimum Gasteiger partial charge on any atom is -0.336 e. The van der Waals surface area contributed by atoms with Gasteiger partial charge < -0.3 is 10.2 Å². The summed E-state index contributed by atoms with van der Waals surface area (Å²) in [6, 6.07) is 12.9. The average Bonchev–Trinajstić information content (AvgIpc) is 3.14. The number of rotatable bonds is 5. The van der Waals surface area contributed by atoms with Crippen LogP contribution in [0.15, 0.2) is 59.4 Å². The number of carbonyl (C=O) groups excluding carboxylic acids is 1. The monoisotopic (exact) mass is 352 g/mol. The Morgan fingerprint density at radius 3 is 2.73 bits per heavy atom. The second kappa shape index (κ2) is 7.99. The molecule has 0 aliphatic carbocycles. The van der Waals surface area contributed by atoms with E-state index in [2.05, 4.69) is 30.3 Å². The molecule has 0 saturated heterocycles. The molecular weight excluding hydrogens is 328 g/mol. The molecule has 3 rings (SSSR count). The first-order chi connectivity index (χ1) is 12.6. The molecule has 0 radical (unpaired) electrons. The summed E-state index contributed by atoms with van der Waals surface area (Å²) in [5, 5.41) is 7.30. The molecule has 1 atom stereocenters. The molecule has 1 aliphatic rings. The smallest absolute Gasteiger partial charge is 0.318 e. The Hall–Kier alpha value is -2.89. The van der Waals surface area contributed by atoms with E-state index in [0.29, 0.717) is 25.6 Å². The van der Waals surface area contributed by atoms with Crippen molar-refractivity contribution in [2.75, 3.05) is 13.1 Å². The molecule has 1 aromatic carbocycles. The van der Waals surface area contributed by atoms with E-state index in [9.17, 15) is 9.59 Å². The van der Waals surface area contributed by atoms with E-state index >= 15 is 0 Å². The van der Waals surface area contributed by atoms with Gasteiger partial charge in [0.2, 0.25) is 0 Å². The van der Waals surface area contributed by atoms with Crippen LogP contribution in [0.1, 0.15) is 13.8 Å². The van der Waals surface area contributed by atoms with Gasteiger partial charge in [-0.1, -0.05) is 56.3 Å². The summed E-state index contributed by atoms with van der Waals surface area (Å²) < 4.78 is 1.39. The highest BCUT2D eigenvalue weighted by molar-refractivity contribution is 5.75. The summed E-state index contributed by atoms with van der Waals surface area (Å²) in [6.45, 7) is 5.50. The van der Waals surface area contributed by atoms with Crippen LogP contribution in [0, 0.1) is 5.92 Å². The predicted octanol–water partition coefficient (Wildman–Crippen LogP) is 2.52. The first-order valence-corrected chi connectivity index (χ1v) is 8.91.